The van der Waals surface area contributed by atoms with E-state index in [1.165, 1.54) is 0 Å². The van der Waals surface area contributed by atoms with Crippen LogP contribution in [0.15, 0.2) is 0 Å². The molecule has 0 aromatic heterocycles. The molecule has 48 valence electrons. The summed E-state index contributed by atoms with van der Waals surface area (Å²) in [6.07, 6.45) is 0. The third-order valence-corrected chi connectivity index (χ3v) is 0.655. The van der Waals surface area contributed by atoms with E-state index in [-0.39, 0.29) is 26.2 Å². The molecular weight excluding hydrogens is 179 g/mol. The second-order valence-corrected chi connectivity index (χ2v) is 2.05. The van der Waals surface area contributed by atoms with Gasteiger partial charge in [-0.2, -0.15) is 0 Å². The van der Waals surface area contributed by atoms with Crippen LogP contribution in [0.25, 0.3) is 0 Å². The fourth-order valence-electron chi connectivity index (χ4n) is 0.354. The summed E-state index contributed by atoms with van der Waals surface area (Å²) in [4.78, 5) is 0. The van der Waals surface area contributed by atoms with Gasteiger partial charge in [0, 0.05) is 39.4 Å². The van der Waals surface area contributed by atoms with Crippen LogP contribution in [0.5, 0.6) is 0 Å². The minimum Gasteiger partial charge on any atom is -0.381 e. The van der Waals surface area contributed by atoms with Gasteiger partial charge in [-0.3, -0.25) is 0 Å². The molecule has 0 aromatic rings. The molecule has 0 saturated heterocycles. The number of hydrogen-bond acceptors (Lipinski definition) is 1. The number of ether oxygens (including phenoxy) is 1. The maximum absolute atomic E-state index is 5.09. The standard InChI is InChI=1S/C6H14O.Zr/c1-4-7-5-6(2)3;/h6H,4-5H2,1-3H3;. The van der Waals surface area contributed by atoms with Crippen LogP contribution in [0.1, 0.15) is 20.8 Å². The van der Waals surface area contributed by atoms with E-state index in [9.17, 15) is 0 Å². The molecule has 8 heavy (non-hydrogen) atoms. The first-order valence-corrected chi connectivity index (χ1v) is 2.85. The second-order valence-electron chi connectivity index (χ2n) is 2.05. The molecule has 0 fully saturated rings. The van der Waals surface area contributed by atoms with Crippen LogP contribution in [-0.4, -0.2) is 13.2 Å². The van der Waals surface area contributed by atoms with E-state index in [0.29, 0.717) is 5.92 Å². The maximum atomic E-state index is 5.09. The van der Waals surface area contributed by atoms with Crippen LogP contribution in [-0.2, 0) is 30.9 Å². The van der Waals surface area contributed by atoms with Crippen molar-refractivity contribution in [1.82, 2.24) is 0 Å². The molecule has 0 unspecified atom stereocenters. The summed E-state index contributed by atoms with van der Waals surface area (Å²) in [5, 5.41) is 0. The van der Waals surface area contributed by atoms with Crippen molar-refractivity contribution in [3.05, 3.63) is 0 Å². The molecule has 0 spiro atoms. The fraction of sp³-hybridized carbons (Fsp3) is 1.00. The molecule has 0 atom stereocenters. The topological polar surface area (TPSA) is 9.23 Å². The van der Waals surface area contributed by atoms with E-state index < -0.39 is 0 Å². The van der Waals surface area contributed by atoms with Crippen LogP contribution in [0.3, 0.4) is 0 Å². The Kier molecular flexibility index (Phi) is 11.4. The first-order chi connectivity index (χ1) is 3.27. The van der Waals surface area contributed by atoms with Gasteiger partial charge in [-0.1, -0.05) is 13.8 Å². The van der Waals surface area contributed by atoms with Crippen LogP contribution < -0.4 is 0 Å². The Labute approximate surface area is 70.9 Å². The first-order valence-electron chi connectivity index (χ1n) is 2.85. The smallest absolute Gasteiger partial charge is 0.0488 e. The number of hydrogen-bond donors (Lipinski definition) is 0. The second kappa shape index (κ2) is 7.84. The summed E-state index contributed by atoms with van der Waals surface area (Å²) < 4.78 is 5.09. The Bertz CT molecular complexity index is 37.5. The third kappa shape index (κ3) is 9.96. The van der Waals surface area contributed by atoms with Crippen molar-refractivity contribution in [2.24, 2.45) is 5.92 Å². The monoisotopic (exact) mass is 192 g/mol. The zero-order valence-electron chi connectivity index (χ0n) is 5.90. The Balaban J connectivity index is 0. The molecule has 0 amide bonds. The van der Waals surface area contributed by atoms with Gasteiger partial charge in [0.05, 0.1) is 0 Å². The van der Waals surface area contributed by atoms with Gasteiger partial charge < -0.3 is 4.74 Å². The summed E-state index contributed by atoms with van der Waals surface area (Å²) in [7, 11) is 0. The molecule has 0 aliphatic heterocycles. The van der Waals surface area contributed by atoms with Crippen molar-refractivity contribution in [3.8, 4) is 0 Å². The van der Waals surface area contributed by atoms with Gasteiger partial charge >= 0.3 is 0 Å². The summed E-state index contributed by atoms with van der Waals surface area (Å²) in [6, 6.07) is 0. The Hall–Kier alpha value is 0.843. The van der Waals surface area contributed by atoms with Gasteiger partial charge in [0.2, 0.25) is 0 Å². The minimum atomic E-state index is 0. The van der Waals surface area contributed by atoms with Gasteiger partial charge in [-0.25, -0.2) is 0 Å². The van der Waals surface area contributed by atoms with Gasteiger partial charge in [0.15, 0.2) is 0 Å². The maximum Gasteiger partial charge on any atom is 0.0488 e. The van der Waals surface area contributed by atoms with E-state index in [0.717, 1.165) is 13.2 Å². The van der Waals surface area contributed by atoms with E-state index in [1.54, 1.807) is 0 Å². The van der Waals surface area contributed by atoms with Crippen molar-refractivity contribution in [2.75, 3.05) is 13.2 Å². The predicted octanol–water partition coefficient (Wildman–Crippen LogP) is 1.68. The Morgan fingerprint density at radius 1 is 1.38 bits per heavy atom. The number of rotatable bonds is 3. The van der Waals surface area contributed by atoms with E-state index >= 15 is 0 Å². The predicted molar refractivity (Wildman–Crippen MR) is 31.3 cm³/mol. The quantitative estimate of drug-likeness (QED) is 0.663. The fourth-order valence-corrected chi connectivity index (χ4v) is 0.354. The molecule has 0 aromatic carbocycles. The largest absolute Gasteiger partial charge is 0.381 e. The summed E-state index contributed by atoms with van der Waals surface area (Å²) >= 11 is 0. The SMILES string of the molecule is CCOCC(C)C.[Zr]. The van der Waals surface area contributed by atoms with Crippen LogP contribution >= 0.6 is 0 Å². The van der Waals surface area contributed by atoms with Crippen molar-refractivity contribution in [2.45, 2.75) is 20.8 Å². The normalized spacial score (nSPS) is 9.00. The molecule has 0 heterocycles. The van der Waals surface area contributed by atoms with Crippen LogP contribution in [0.2, 0.25) is 0 Å². The van der Waals surface area contributed by atoms with Crippen molar-refractivity contribution in [1.29, 1.82) is 0 Å². The molecule has 0 aliphatic rings. The van der Waals surface area contributed by atoms with Crippen LogP contribution in [0.4, 0.5) is 0 Å². The van der Waals surface area contributed by atoms with Crippen molar-refractivity contribution in [3.63, 3.8) is 0 Å². The molecular formula is C6H14OZr. The molecule has 1 nitrogen and oxygen atoms in total. The molecule has 0 N–H and O–H groups in total. The molecule has 0 aliphatic carbocycles. The van der Waals surface area contributed by atoms with Crippen molar-refractivity contribution >= 4 is 0 Å². The summed E-state index contributed by atoms with van der Waals surface area (Å²) in [5.74, 6) is 0.681. The summed E-state index contributed by atoms with van der Waals surface area (Å²) in [5.41, 5.74) is 0. The average molecular weight is 193 g/mol. The van der Waals surface area contributed by atoms with Gasteiger partial charge in [-0.05, 0) is 12.8 Å². The summed E-state index contributed by atoms with van der Waals surface area (Å²) in [6.45, 7) is 8.06. The van der Waals surface area contributed by atoms with E-state index in [4.69, 9.17) is 4.74 Å². The minimum absolute atomic E-state index is 0. The molecule has 0 bridgehead atoms. The third-order valence-electron chi connectivity index (χ3n) is 0.655. The van der Waals surface area contributed by atoms with Crippen molar-refractivity contribution < 1.29 is 30.9 Å². The molecule has 0 rings (SSSR count). The average Bonchev–Trinajstić information content (AvgIpc) is 1.61. The van der Waals surface area contributed by atoms with Gasteiger partial charge in [-0.15, -0.1) is 0 Å². The van der Waals surface area contributed by atoms with E-state index in [1.807, 2.05) is 6.92 Å². The zero-order chi connectivity index (χ0) is 5.70. The van der Waals surface area contributed by atoms with Gasteiger partial charge in [0.1, 0.15) is 0 Å². The Morgan fingerprint density at radius 2 is 1.88 bits per heavy atom. The van der Waals surface area contributed by atoms with Crippen LogP contribution in [0, 0.1) is 5.92 Å². The van der Waals surface area contributed by atoms with Gasteiger partial charge in [0.25, 0.3) is 0 Å². The first kappa shape index (κ1) is 11.6. The Morgan fingerprint density at radius 3 is 2.00 bits per heavy atom. The molecule has 0 saturated carbocycles. The molecule has 2 heteroatoms. The van der Waals surface area contributed by atoms with E-state index in [2.05, 4.69) is 13.8 Å². The zero-order valence-corrected chi connectivity index (χ0v) is 8.36. The molecule has 0 radical (unpaired) electrons.